The first-order valence-electron chi connectivity index (χ1n) is 2.70. The number of rotatable bonds is 1. The SMILES string of the molecule is [K+].[O-]c1ccc(CO)cc1. The van der Waals surface area contributed by atoms with Crippen molar-refractivity contribution in [1.82, 2.24) is 0 Å². The van der Waals surface area contributed by atoms with E-state index in [0.717, 1.165) is 5.56 Å². The van der Waals surface area contributed by atoms with Crippen LogP contribution in [-0.2, 0) is 6.61 Å². The van der Waals surface area contributed by atoms with E-state index in [9.17, 15) is 5.11 Å². The zero-order chi connectivity index (χ0) is 6.69. The van der Waals surface area contributed by atoms with Crippen LogP contribution in [0.5, 0.6) is 5.75 Å². The summed E-state index contributed by atoms with van der Waals surface area (Å²) in [6, 6.07) is 6.10. The second-order valence-electron chi connectivity index (χ2n) is 1.80. The van der Waals surface area contributed by atoms with Gasteiger partial charge in [-0.25, -0.2) is 0 Å². The molecule has 0 aliphatic heterocycles. The Bertz CT molecular complexity index is 183. The molecule has 0 spiro atoms. The Morgan fingerprint density at radius 1 is 1.20 bits per heavy atom. The second-order valence-corrected chi connectivity index (χ2v) is 1.80. The summed E-state index contributed by atoms with van der Waals surface area (Å²) in [6.07, 6.45) is 0. The minimum Gasteiger partial charge on any atom is -0.872 e. The van der Waals surface area contributed by atoms with Gasteiger partial charge in [0.25, 0.3) is 0 Å². The Kier molecular flexibility index (Phi) is 5.62. The first kappa shape index (κ1) is 10.6. The number of benzene rings is 1. The summed E-state index contributed by atoms with van der Waals surface area (Å²) in [6.45, 7) is 0.000278. The number of hydrogen-bond acceptors (Lipinski definition) is 2. The maximum absolute atomic E-state index is 10.5. The van der Waals surface area contributed by atoms with Crippen LogP contribution >= 0.6 is 0 Å². The molecule has 0 heterocycles. The maximum Gasteiger partial charge on any atom is 1.00 e. The molecule has 1 aromatic carbocycles. The fourth-order valence-corrected chi connectivity index (χ4v) is 0.595. The predicted molar refractivity (Wildman–Crippen MR) is 31.8 cm³/mol. The van der Waals surface area contributed by atoms with Gasteiger partial charge in [0, 0.05) is 0 Å². The van der Waals surface area contributed by atoms with Gasteiger partial charge >= 0.3 is 51.4 Å². The van der Waals surface area contributed by atoms with Crippen molar-refractivity contribution in [2.75, 3.05) is 0 Å². The van der Waals surface area contributed by atoms with Crippen molar-refractivity contribution in [3.63, 3.8) is 0 Å². The van der Waals surface area contributed by atoms with Crippen molar-refractivity contribution < 1.29 is 61.6 Å². The molecule has 0 saturated heterocycles. The van der Waals surface area contributed by atoms with E-state index >= 15 is 0 Å². The first-order valence-corrected chi connectivity index (χ1v) is 2.70. The van der Waals surface area contributed by atoms with E-state index < -0.39 is 0 Å². The van der Waals surface area contributed by atoms with Crippen LogP contribution in [0.25, 0.3) is 0 Å². The van der Waals surface area contributed by atoms with Gasteiger partial charge in [0.15, 0.2) is 0 Å². The van der Waals surface area contributed by atoms with Crippen LogP contribution in [0.4, 0.5) is 0 Å². The van der Waals surface area contributed by atoms with E-state index in [1.54, 1.807) is 12.1 Å². The summed E-state index contributed by atoms with van der Waals surface area (Å²) in [4.78, 5) is 0. The van der Waals surface area contributed by atoms with Crippen LogP contribution in [-0.4, -0.2) is 5.11 Å². The molecule has 1 N–H and O–H groups in total. The molecule has 0 bridgehead atoms. The van der Waals surface area contributed by atoms with Crippen molar-refractivity contribution in [3.8, 4) is 5.75 Å². The molecule has 0 aliphatic rings. The number of aliphatic hydroxyl groups is 1. The summed E-state index contributed by atoms with van der Waals surface area (Å²) in [5.74, 6) is -0.0211. The van der Waals surface area contributed by atoms with E-state index in [-0.39, 0.29) is 63.7 Å². The molecule has 48 valence electrons. The number of aliphatic hydroxyl groups excluding tert-OH is 1. The minimum atomic E-state index is -0.0211. The van der Waals surface area contributed by atoms with E-state index in [2.05, 4.69) is 0 Å². The molecule has 0 fully saturated rings. The molecular weight excluding hydrogens is 155 g/mol. The quantitative estimate of drug-likeness (QED) is 0.455. The minimum absolute atomic E-state index is 0. The number of hydrogen-bond donors (Lipinski definition) is 1. The molecule has 0 amide bonds. The van der Waals surface area contributed by atoms with Gasteiger partial charge in [-0.05, 0) is 5.56 Å². The van der Waals surface area contributed by atoms with Crippen LogP contribution in [0.3, 0.4) is 0 Å². The van der Waals surface area contributed by atoms with Crippen molar-refractivity contribution in [3.05, 3.63) is 29.8 Å². The smallest absolute Gasteiger partial charge is 0.872 e. The molecule has 2 nitrogen and oxygen atoms in total. The Balaban J connectivity index is 0.000000810. The molecule has 0 atom stereocenters. The van der Waals surface area contributed by atoms with Gasteiger partial charge in [-0.15, -0.1) is 5.75 Å². The van der Waals surface area contributed by atoms with Crippen LogP contribution in [0, 0.1) is 0 Å². The van der Waals surface area contributed by atoms with E-state index in [0.29, 0.717) is 0 Å². The maximum atomic E-state index is 10.5. The van der Waals surface area contributed by atoms with Crippen molar-refractivity contribution in [1.29, 1.82) is 0 Å². The van der Waals surface area contributed by atoms with Crippen molar-refractivity contribution in [2.45, 2.75) is 6.61 Å². The van der Waals surface area contributed by atoms with Gasteiger partial charge in [-0.2, -0.15) is 0 Å². The third kappa shape index (κ3) is 3.14. The Morgan fingerprint density at radius 3 is 2.10 bits per heavy atom. The fraction of sp³-hybridized carbons (Fsp3) is 0.143. The zero-order valence-electron chi connectivity index (χ0n) is 5.87. The van der Waals surface area contributed by atoms with Crippen LogP contribution in [0.1, 0.15) is 5.56 Å². The summed E-state index contributed by atoms with van der Waals surface area (Å²) in [5, 5.41) is 19.0. The molecule has 0 aromatic heterocycles. The zero-order valence-corrected chi connectivity index (χ0v) is 9.00. The van der Waals surface area contributed by atoms with Gasteiger partial charge in [0.2, 0.25) is 0 Å². The van der Waals surface area contributed by atoms with Crippen LogP contribution in [0.15, 0.2) is 24.3 Å². The molecule has 10 heavy (non-hydrogen) atoms. The van der Waals surface area contributed by atoms with Gasteiger partial charge in [0.1, 0.15) is 0 Å². The van der Waals surface area contributed by atoms with Crippen LogP contribution in [0.2, 0.25) is 0 Å². The fourth-order valence-electron chi connectivity index (χ4n) is 0.595. The van der Waals surface area contributed by atoms with Crippen molar-refractivity contribution in [2.24, 2.45) is 0 Å². The van der Waals surface area contributed by atoms with E-state index in [4.69, 9.17) is 5.11 Å². The van der Waals surface area contributed by atoms with E-state index in [1.807, 2.05) is 0 Å². The monoisotopic (exact) mass is 162 g/mol. The molecule has 3 heteroatoms. The predicted octanol–water partition coefficient (Wildman–Crippen LogP) is -2.74. The van der Waals surface area contributed by atoms with Gasteiger partial charge in [0.05, 0.1) is 6.61 Å². The third-order valence-corrected chi connectivity index (χ3v) is 1.11. The summed E-state index contributed by atoms with van der Waals surface area (Å²) in [7, 11) is 0. The standard InChI is InChI=1S/C7H8O2.K/c8-5-6-1-3-7(9)4-2-6;/h1-4,8-9H,5H2;/q;+1/p-1. The van der Waals surface area contributed by atoms with Gasteiger partial charge < -0.3 is 10.2 Å². The first-order chi connectivity index (χ1) is 4.33. The second kappa shape index (κ2) is 5.29. The summed E-state index contributed by atoms with van der Waals surface area (Å²) >= 11 is 0. The Hall–Kier alpha value is 0.616. The van der Waals surface area contributed by atoms with Gasteiger partial charge in [-0.3, -0.25) is 0 Å². The largest absolute Gasteiger partial charge is 1.00 e. The normalized spacial score (nSPS) is 8.50. The third-order valence-electron chi connectivity index (χ3n) is 1.11. The molecule has 1 rings (SSSR count). The molecular formula is C7H7KO2. The average molecular weight is 162 g/mol. The summed E-state index contributed by atoms with van der Waals surface area (Å²) < 4.78 is 0. The molecule has 0 saturated carbocycles. The molecule has 0 aliphatic carbocycles. The van der Waals surface area contributed by atoms with E-state index in [1.165, 1.54) is 12.1 Å². The molecule has 1 aromatic rings. The molecule has 0 radical (unpaired) electrons. The Morgan fingerprint density at radius 2 is 1.70 bits per heavy atom. The molecule has 0 unspecified atom stereocenters. The average Bonchev–Trinajstić information content (AvgIpc) is 1.90. The van der Waals surface area contributed by atoms with Crippen molar-refractivity contribution >= 4 is 0 Å². The van der Waals surface area contributed by atoms with Crippen LogP contribution < -0.4 is 56.5 Å². The Labute approximate surface area is 102 Å². The van der Waals surface area contributed by atoms with Gasteiger partial charge in [-0.1, -0.05) is 24.3 Å². The summed E-state index contributed by atoms with van der Waals surface area (Å²) in [5.41, 5.74) is 0.773. The topological polar surface area (TPSA) is 43.3 Å².